The number of aromatic carboxylic acids is 1. The number of hydrogen-bond acceptors (Lipinski definition) is 5. The Bertz CT molecular complexity index is 1500. The monoisotopic (exact) mass is 716 g/mol. The lowest BCUT2D eigenvalue weighted by atomic mass is 10.2. The topological polar surface area (TPSA) is 121 Å². The number of diazo groups is 1. The molecule has 4 rings (SSSR count). The molecule has 0 aliphatic carbocycles. The molecule has 0 bridgehead atoms. The first-order chi connectivity index (χ1) is 19.2. The van der Waals surface area contributed by atoms with E-state index in [-0.39, 0.29) is 32.8 Å². The van der Waals surface area contributed by atoms with Gasteiger partial charge in [0.05, 0.1) is 39.0 Å². The summed E-state index contributed by atoms with van der Waals surface area (Å²) in [6.45, 7) is 0. The molecule has 7 nitrogen and oxygen atoms in total. The van der Waals surface area contributed by atoms with Gasteiger partial charge in [-0.1, -0.05) is 92.8 Å². The molecule has 4 aromatic rings. The fourth-order valence-electron chi connectivity index (χ4n) is 2.49. The zero-order chi connectivity index (χ0) is 31.3. The van der Waals surface area contributed by atoms with Gasteiger partial charge in [0.1, 0.15) is 16.3 Å². The van der Waals surface area contributed by atoms with Crippen LogP contribution in [0.1, 0.15) is 10.4 Å². The Morgan fingerprint density at radius 3 is 1.59 bits per heavy atom. The fraction of sp³-hybridized carbons (Fsp3) is 0.0385. The Balaban J connectivity index is 0.000000277. The standard InChI is InChI=1S/C8H6Cl2O3.C6H3Cl2N2.C6H5Cl2N.C6H4Cl2O/c1-13-7-5(10)3-2-4(9)6(7)8(11)12;7-4-1-2-5(8)6(3-4)10-9;2*7-4-1-2-5(8)6(9)3-4/h2-3H,1H3,(H,11,12);1-3H;1-3H,9H2;1-3,9H/q;+1;;. The molecule has 0 heterocycles. The average molecular weight is 720 g/mol. The molecule has 0 radical (unpaired) electrons. The van der Waals surface area contributed by atoms with Gasteiger partial charge in [-0.3, -0.25) is 0 Å². The summed E-state index contributed by atoms with van der Waals surface area (Å²) >= 11 is 44.6. The van der Waals surface area contributed by atoms with E-state index in [1.165, 1.54) is 31.4 Å². The number of nitrogen functional groups attached to an aromatic ring is 1. The molecule has 216 valence electrons. The maximum atomic E-state index is 10.7. The summed E-state index contributed by atoms with van der Waals surface area (Å²) in [7, 11) is 1.34. The lowest BCUT2D eigenvalue weighted by molar-refractivity contribution is 0.0693. The Hall–Kier alpha value is -2.51. The molecular formula is C26H18Cl8N3O4+. The molecule has 41 heavy (non-hydrogen) atoms. The maximum absolute atomic E-state index is 10.7. The van der Waals surface area contributed by atoms with Gasteiger partial charge in [-0.05, 0) is 54.6 Å². The number of carbonyl (C=O) groups is 1. The average Bonchev–Trinajstić information content (AvgIpc) is 2.92. The molecule has 0 aliphatic rings. The predicted octanol–water partition coefficient (Wildman–Crippen LogP) is 11.5. The van der Waals surface area contributed by atoms with E-state index in [1.807, 2.05) is 0 Å². The summed E-state index contributed by atoms with van der Waals surface area (Å²) < 4.78 is 4.82. The first-order valence-electron chi connectivity index (χ1n) is 10.6. The zero-order valence-corrected chi connectivity index (χ0v) is 26.6. The van der Waals surface area contributed by atoms with Crippen molar-refractivity contribution >= 4 is 110 Å². The van der Waals surface area contributed by atoms with E-state index in [4.69, 9.17) is 119 Å². The van der Waals surface area contributed by atoms with Crippen LogP contribution >= 0.6 is 92.8 Å². The lowest BCUT2D eigenvalue weighted by Gasteiger charge is -2.07. The van der Waals surface area contributed by atoms with Crippen molar-refractivity contribution in [3.63, 3.8) is 0 Å². The van der Waals surface area contributed by atoms with Crippen LogP contribution in [0.5, 0.6) is 11.5 Å². The number of anilines is 1. The van der Waals surface area contributed by atoms with Crippen molar-refractivity contribution in [2.75, 3.05) is 12.8 Å². The smallest absolute Gasteiger partial charge is 0.404 e. The van der Waals surface area contributed by atoms with Gasteiger partial charge in [0.15, 0.2) is 10.7 Å². The van der Waals surface area contributed by atoms with Crippen LogP contribution in [0.2, 0.25) is 40.2 Å². The third-order valence-electron chi connectivity index (χ3n) is 4.36. The molecule has 0 unspecified atom stereocenters. The van der Waals surface area contributed by atoms with Crippen molar-refractivity contribution in [2.24, 2.45) is 0 Å². The van der Waals surface area contributed by atoms with Crippen LogP contribution in [0.3, 0.4) is 0 Å². The zero-order valence-electron chi connectivity index (χ0n) is 20.6. The molecule has 0 spiro atoms. The summed E-state index contributed by atoms with van der Waals surface area (Å²) in [5.74, 6) is -1.06. The third-order valence-corrected chi connectivity index (χ3v) is 6.66. The van der Waals surface area contributed by atoms with Gasteiger partial charge in [0.2, 0.25) is 5.39 Å². The summed E-state index contributed by atoms with van der Waals surface area (Å²) in [5.41, 5.74) is 6.09. The van der Waals surface area contributed by atoms with Crippen LogP contribution in [0.15, 0.2) is 66.7 Å². The fourth-order valence-corrected chi connectivity index (χ4v) is 3.86. The second-order valence-electron chi connectivity index (χ2n) is 7.20. The van der Waals surface area contributed by atoms with Crippen LogP contribution in [0.25, 0.3) is 4.98 Å². The highest BCUT2D eigenvalue weighted by atomic mass is 35.5. The van der Waals surface area contributed by atoms with Gasteiger partial charge in [-0.2, -0.15) is 0 Å². The molecule has 0 aromatic heterocycles. The van der Waals surface area contributed by atoms with E-state index in [2.05, 4.69) is 4.98 Å². The first-order valence-corrected chi connectivity index (χ1v) is 13.6. The molecule has 0 aliphatic heterocycles. The molecule has 0 fully saturated rings. The van der Waals surface area contributed by atoms with Gasteiger partial charge in [-0.25, -0.2) is 4.79 Å². The van der Waals surface area contributed by atoms with Crippen LogP contribution in [-0.2, 0) is 0 Å². The van der Waals surface area contributed by atoms with E-state index in [0.717, 1.165) is 0 Å². The van der Waals surface area contributed by atoms with E-state index in [9.17, 15) is 4.79 Å². The number of rotatable bonds is 2. The molecule has 15 heteroatoms. The Labute approximate surface area is 275 Å². The second-order valence-corrected chi connectivity index (χ2v) is 10.5. The van der Waals surface area contributed by atoms with E-state index >= 15 is 0 Å². The predicted molar refractivity (Wildman–Crippen MR) is 170 cm³/mol. The molecule has 4 aromatic carbocycles. The van der Waals surface area contributed by atoms with E-state index in [1.54, 1.807) is 42.5 Å². The second kappa shape index (κ2) is 18.1. The number of hydrogen-bond donors (Lipinski definition) is 3. The molecule has 0 saturated heterocycles. The Morgan fingerprint density at radius 2 is 1.20 bits per heavy atom. The lowest BCUT2D eigenvalue weighted by Crippen LogP contribution is -2.01. The summed E-state index contributed by atoms with van der Waals surface area (Å²) in [6, 6.07) is 17.1. The van der Waals surface area contributed by atoms with Gasteiger partial charge < -0.3 is 20.7 Å². The summed E-state index contributed by atoms with van der Waals surface area (Å²) in [5, 5.41) is 29.1. The minimum atomic E-state index is -1.16. The maximum Gasteiger partial charge on any atom is 0.404 e. The number of benzene rings is 4. The van der Waals surface area contributed by atoms with Gasteiger partial charge in [-0.15, -0.1) is 0 Å². The molecule has 0 atom stereocenters. The highest BCUT2D eigenvalue weighted by Gasteiger charge is 2.18. The minimum absolute atomic E-state index is 0.0177. The van der Waals surface area contributed by atoms with E-state index in [0.29, 0.717) is 35.8 Å². The van der Waals surface area contributed by atoms with Crippen LogP contribution in [0, 0.1) is 5.39 Å². The largest absolute Gasteiger partial charge is 0.506 e. The van der Waals surface area contributed by atoms with Crippen molar-refractivity contribution in [3.05, 3.63) is 117 Å². The number of nitrogens with two attached hydrogens (primary N) is 1. The highest BCUT2D eigenvalue weighted by Crippen LogP contribution is 2.33. The third kappa shape index (κ3) is 12.5. The highest BCUT2D eigenvalue weighted by molar-refractivity contribution is 6.37. The van der Waals surface area contributed by atoms with Crippen molar-refractivity contribution in [1.29, 1.82) is 5.39 Å². The van der Waals surface area contributed by atoms with Gasteiger partial charge in [0.25, 0.3) is 0 Å². The number of nitrogens with zero attached hydrogens (tertiary/aromatic N) is 2. The minimum Gasteiger partial charge on any atom is -0.506 e. The number of methoxy groups -OCH3 is 1. The normalized spacial score (nSPS) is 9.46. The van der Waals surface area contributed by atoms with Gasteiger partial charge in [0, 0.05) is 21.1 Å². The van der Waals surface area contributed by atoms with Crippen molar-refractivity contribution in [3.8, 4) is 11.5 Å². The van der Waals surface area contributed by atoms with Crippen molar-refractivity contribution in [1.82, 2.24) is 0 Å². The van der Waals surface area contributed by atoms with Crippen LogP contribution in [0.4, 0.5) is 11.4 Å². The quantitative estimate of drug-likeness (QED) is 0.140. The summed E-state index contributed by atoms with van der Waals surface area (Å²) in [6.07, 6.45) is 0. The molecular weight excluding hydrogens is 702 g/mol. The Kier molecular flexibility index (Phi) is 16.1. The summed E-state index contributed by atoms with van der Waals surface area (Å²) in [4.78, 5) is 13.6. The number of carboxylic acid groups (broad SMARTS) is 1. The van der Waals surface area contributed by atoms with Crippen LogP contribution in [-0.4, -0.2) is 23.3 Å². The van der Waals surface area contributed by atoms with Crippen LogP contribution < -0.4 is 10.5 Å². The number of phenols is 1. The van der Waals surface area contributed by atoms with E-state index < -0.39 is 5.97 Å². The number of phenolic OH excluding ortho intramolecular Hbond substituents is 1. The number of ether oxygens (including phenoxy) is 1. The SMILES string of the molecule is COc1c(Cl)ccc(Cl)c1C(=O)O.N#[N+]c1cc(Cl)ccc1Cl.Nc1cc(Cl)ccc1Cl.Oc1cc(Cl)ccc1Cl. The first kappa shape index (κ1) is 36.5. The molecule has 4 N–H and O–H groups in total. The number of aromatic hydroxyl groups is 1. The van der Waals surface area contributed by atoms with Crippen molar-refractivity contribution < 1.29 is 19.7 Å². The van der Waals surface area contributed by atoms with Crippen molar-refractivity contribution in [2.45, 2.75) is 0 Å². The molecule has 0 saturated carbocycles. The Morgan fingerprint density at radius 1 is 0.732 bits per heavy atom. The van der Waals surface area contributed by atoms with Gasteiger partial charge >= 0.3 is 11.7 Å². The number of halogens is 8. The molecule has 0 amide bonds. The number of carboxylic acids is 1.